The second-order valence-electron chi connectivity index (χ2n) is 14.9. The number of ether oxygens (including phenoxy) is 1. The highest BCUT2D eigenvalue weighted by Gasteiger charge is 2.30. The Kier molecular flexibility index (Phi) is 9.78. The van der Waals surface area contributed by atoms with E-state index < -0.39 is 6.43 Å². The number of benzene rings is 2. The lowest BCUT2D eigenvalue weighted by Crippen LogP contribution is -2.37. The number of aryl methyl sites for hydroxylation is 1. The number of hydrogen-bond acceptors (Lipinski definition) is 6. The zero-order valence-corrected chi connectivity index (χ0v) is 29.7. The van der Waals surface area contributed by atoms with Gasteiger partial charge in [0.15, 0.2) is 5.65 Å². The molecule has 2 N–H and O–H groups in total. The summed E-state index contributed by atoms with van der Waals surface area (Å²) < 4.78 is 36.1. The van der Waals surface area contributed by atoms with Gasteiger partial charge >= 0.3 is 6.03 Å². The number of hydrogen-bond donors (Lipinski definition) is 2. The van der Waals surface area contributed by atoms with Crippen molar-refractivity contribution in [3.05, 3.63) is 101 Å². The van der Waals surface area contributed by atoms with Crippen LogP contribution in [-0.2, 0) is 11.8 Å². The van der Waals surface area contributed by atoms with Crippen molar-refractivity contribution >= 4 is 17.5 Å². The molecule has 5 aromatic rings. The Labute approximate surface area is 297 Å². The first-order chi connectivity index (χ1) is 24.5. The molecule has 0 bridgehead atoms. The maximum atomic E-state index is 13.6. The Balaban J connectivity index is 1.03. The first kappa shape index (κ1) is 34.6. The maximum Gasteiger partial charge on any atom is 0.320 e. The highest BCUT2D eigenvalue weighted by atomic mass is 19.3. The van der Waals surface area contributed by atoms with Gasteiger partial charge in [0.2, 0.25) is 0 Å². The minimum atomic E-state index is -2.30. The van der Waals surface area contributed by atoms with E-state index in [0.29, 0.717) is 43.4 Å². The summed E-state index contributed by atoms with van der Waals surface area (Å²) in [5, 5.41) is 20.0. The highest BCUT2D eigenvalue weighted by molar-refractivity contribution is 5.89. The third-order valence-corrected chi connectivity index (χ3v) is 10.0. The molecule has 2 aliphatic rings. The van der Waals surface area contributed by atoms with Gasteiger partial charge in [-0.05, 0) is 87.0 Å². The lowest BCUT2D eigenvalue weighted by atomic mass is 9.85. The van der Waals surface area contributed by atoms with E-state index in [1.165, 1.54) is 0 Å². The van der Waals surface area contributed by atoms with E-state index in [0.717, 1.165) is 58.8 Å². The molecule has 2 atom stereocenters. The lowest BCUT2D eigenvalue weighted by molar-refractivity contribution is 0.0688. The highest BCUT2D eigenvalue weighted by Crippen LogP contribution is 2.39. The molecule has 0 spiro atoms. The molecule has 1 aliphatic heterocycles. The summed E-state index contributed by atoms with van der Waals surface area (Å²) >= 11 is 0. The van der Waals surface area contributed by atoms with Crippen molar-refractivity contribution in [3.8, 4) is 11.4 Å². The van der Waals surface area contributed by atoms with Crippen LogP contribution in [0.25, 0.3) is 11.3 Å². The average Bonchev–Trinajstić information content (AvgIpc) is 3.71. The molecule has 7 rings (SSSR count). The fourth-order valence-electron chi connectivity index (χ4n) is 7.17. The van der Waals surface area contributed by atoms with E-state index in [9.17, 15) is 13.6 Å². The summed E-state index contributed by atoms with van der Waals surface area (Å²) in [6.45, 7) is 9.55. The number of likely N-dealkylation sites (tertiary alicyclic amines) is 1. The summed E-state index contributed by atoms with van der Waals surface area (Å²) in [5.74, 6) is 2.53. The van der Waals surface area contributed by atoms with Crippen LogP contribution in [0.5, 0.6) is 5.75 Å². The molecule has 2 aromatic carbocycles. The summed E-state index contributed by atoms with van der Waals surface area (Å²) in [6, 6.07) is 21.5. The number of urea groups is 1. The van der Waals surface area contributed by atoms with Crippen LogP contribution in [0.2, 0.25) is 0 Å². The van der Waals surface area contributed by atoms with Crippen molar-refractivity contribution in [3.63, 3.8) is 0 Å². The molecule has 0 unspecified atom stereocenters. The second kappa shape index (κ2) is 14.4. The largest absolute Gasteiger partial charge is 0.484 e. The van der Waals surface area contributed by atoms with Gasteiger partial charge in [0.25, 0.3) is 6.43 Å². The molecule has 51 heavy (non-hydrogen) atoms. The smallest absolute Gasteiger partial charge is 0.320 e. The van der Waals surface area contributed by atoms with Gasteiger partial charge in [-0.15, -0.1) is 10.2 Å². The van der Waals surface area contributed by atoms with Gasteiger partial charge in [0, 0.05) is 17.9 Å². The van der Waals surface area contributed by atoms with Gasteiger partial charge in [0.05, 0.1) is 30.2 Å². The summed E-state index contributed by atoms with van der Waals surface area (Å²) in [7, 11) is 0. The van der Waals surface area contributed by atoms with E-state index in [-0.39, 0.29) is 30.1 Å². The van der Waals surface area contributed by atoms with Crippen molar-refractivity contribution in [2.75, 3.05) is 25.0 Å². The summed E-state index contributed by atoms with van der Waals surface area (Å²) in [5.41, 5.74) is 5.51. The van der Waals surface area contributed by atoms with Gasteiger partial charge in [-0.3, -0.25) is 14.6 Å². The Morgan fingerprint density at radius 2 is 1.71 bits per heavy atom. The monoisotopic (exact) mass is 696 g/mol. The number of pyridine rings is 1. The zero-order valence-electron chi connectivity index (χ0n) is 29.7. The van der Waals surface area contributed by atoms with Crippen molar-refractivity contribution in [2.45, 2.75) is 83.8 Å². The lowest BCUT2D eigenvalue weighted by Gasteiger charge is -2.32. The van der Waals surface area contributed by atoms with E-state index in [1.54, 1.807) is 4.68 Å². The number of piperidine rings is 1. The van der Waals surface area contributed by atoms with E-state index in [2.05, 4.69) is 53.7 Å². The maximum absolute atomic E-state index is 13.6. The number of nitrogens with zero attached hydrogens (tertiary/aromatic N) is 6. The zero-order chi connectivity index (χ0) is 35.7. The van der Waals surface area contributed by atoms with E-state index in [1.807, 2.05) is 77.0 Å². The molecule has 268 valence electrons. The van der Waals surface area contributed by atoms with E-state index in [4.69, 9.17) is 9.84 Å². The van der Waals surface area contributed by atoms with Crippen LogP contribution < -0.4 is 15.4 Å². The molecule has 3 aromatic heterocycles. The van der Waals surface area contributed by atoms with Crippen molar-refractivity contribution in [1.82, 2.24) is 34.6 Å². The number of anilines is 1. The Morgan fingerprint density at radius 1 is 0.961 bits per heavy atom. The molecule has 4 heterocycles. The first-order valence-electron chi connectivity index (χ1n) is 17.8. The van der Waals surface area contributed by atoms with Crippen LogP contribution >= 0.6 is 0 Å². The third kappa shape index (κ3) is 7.90. The molecular weight excluding hydrogens is 650 g/mol. The Hall–Kier alpha value is -4.84. The van der Waals surface area contributed by atoms with Crippen molar-refractivity contribution in [1.29, 1.82) is 0 Å². The Morgan fingerprint density at radius 3 is 2.43 bits per heavy atom. The number of alkyl halides is 2. The van der Waals surface area contributed by atoms with Crippen LogP contribution in [0.15, 0.2) is 72.9 Å². The Bertz CT molecular complexity index is 1980. The first-order valence-corrected chi connectivity index (χ1v) is 17.8. The molecule has 1 aliphatic carbocycles. The average molecular weight is 697 g/mol. The number of nitrogens with one attached hydrogen (secondary N) is 2. The predicted octanol–water partition coefficient (Wildman–Crippen LogP) is 7.82. The fourth-order valence-corrected chi connectivity index (χ4v) is 7.17. The number of fused-ring (bicyclic) bond motifs is 2. The summed E-state index contributed by atoms with van der Waals surface area (Å²) in [4.78, 5) is 15.4. The number of amides is 2. The topological polar surface area (TPSA) is 102 Å². The normalized spacial score (nSPS) is 18.6. The SMILES string of the molecule is Cc1ccc(-n2nc(C(C)(C)C)cc2NC(=O)N[C@H]2CC[C@@H](Oc3ccc4nnc(CC5CCN(CC(F)F)CC5)n4c3)c3ccccc32)cc1. The molecule has 12 heteroatoms. The van der Waals surface area contributed by atoms with Crippen LogP contribution in [-0.4, -0.2) is 61.4 Å². The molecule has 1 fully saturated rings. The number of rotatable bonds is 9. The molecule has 2 amide bonds. The van der Waals surface area contributed by atoms with Crippen molar-refractivity contribution < 1.29 is 18.3 Å². The molecule has 10 nitrogen and oxygen atoms in total. The number of aromatic nitrogens is 5. The third-order valence-electron chi connectivity index (χ3n) is 10.0. The quantitative estimate of drug-likeness (QED) is 0.163. The van der Waals surface area contributed by atoms with Gasteiger partial charge < -0.3 is 10.1 Å². The minimum absolute atomic E-state index is 0.158. The fraction of sp³-hybridized carbons (Fsp3) is 0.436. The van der Waals surface area contributed by atoms with Crippen LogP contribution in [0, 0.1) is 12.8 Å². The van der Waals surface area contributed by atoms with Gasteiger partial charge in [-0.2, -0.15) is 5.10 Å². The van der Waals surface area contributed by atoms with Crippen LogP contribution in [0.3, 0.4) is 0 Å². The van der Waals surface area contributed by atoms with Gasteiger partial charge in [-0.25, -0.2) is 18.3 Å². The standard InChI is InChI=1S/C39H46F2N8O2/c1-25-9-11-27(12-10-25)49-36(22-33(46-49)39(2,3)4)43-38(50)42-31-14-15-32(30-8-6-5-7-29(30)31)51-28-13-16-35-44-45-37(48(35)23-28)21-26-17-19-47(20-18-26)24-34(40)41/h5-13,16,22-23,26,31-32,34H,14-15,17-21,24H2,1-4H3,(H2,42,43,50)/t31-,32+/m0/s1. The van der Waals surface area contributed by atoms with Gasteiger partial charge in [-0.1, -0.05) is 62.7 Å². The number of carbonyl (C=O) groups excluding carboxylic acids is 1. The molecular formula is C39H46F2N8O2. The second-order valence-corrected chi connectivity index (χ2v) is 14.9. The minimum Gasteiger partial charge on any atom is -0.484 e. The predicted molar refractivity (Wildman–Crippen MR) is 193 cm³/mol. The van der Waals surface area contributed by atoms with Crippen molar-refractivity contribution in [2.24, 2.45) is 5.92 Å². The van der Waals surface area contributed by atoms with Gasteiger partial charge in [0.1, 0.15) is 23.5 Å². The molecule has 0 saturated carbocycles. The number of halogens is 2. The number of carbonyl (C=O) groups is 1. The van der Waals surface area contributed by atoms with Crippen LogP contribution in [0.1, 0.15) is 86.8 Å². The summed E-state index contributed by atoms with van der Waals surface area (Å²) in [6.07, 6.45) is 3.31. The van der Waals surface area contributed by atoms with E-state index >= 15 is 0 Å². The molecule has 0 radical (unpaired) electrons. The van der Waals surface area contributed by atoms with Crippen LogP contribution in [0.4, 0.5) is 19.4 Å². The molecule has 1 saturated heterocycles.